The molecule has 0 spiro atoms. The van der Waals surface area contributed by atoms with Gasteiger partial charge < -0.3 is 20.4 Å². The van der Waals surface area contributed by atoms with Crippen molar-refractivity contribution in [1.29, 1.82) is 0 Å². The van der Waals surface area contributed by atoms with Crippen LogP contribution < -0.4 is 11.4 Å². The lowest BCUT2D eigenvalue weighted by Crippen LogP contribution is -2.11. The number of methoxy groups -OCH3 is 1. The highest BCUT2D eigenvalue weighted by Gasteiger charge is 2.09. The molecule has 1 heterocycles. The molecule has 1 unspecified atom stereocenters. The van der Waals surface area contributed by atoms with Gasteiger partial charge in [0, 0.05) is 12.5 Å². The number of carbonyl (C=O) groups excluding carboxylic acids is 1. The van der Waals surface area contributed by atoms with Gasteiger partial charge in [0.05, 0.1) is 18.1 Å². The Balaban J connectivity index is 2.02. The zero-order valence-corrected chi connectivity index (χ0v) is 10.7. The molecule has 1 aromatic carbocycles. The van der Waals surface area contributed by atoms with Gasteiger partial charge in [-0.25, -0.2) is 4.79 Å². The van der Waals surface area contributed by atoms with E-state index in [2.05, 4.69) is 14.7 Å². The van der Waals surface area contributed by atoms with Crippen molar-refractivity contribution >= 4 is 17.0 Å². The van der Waals surface area contributed by atoms with Crippen molar-refractivity contribution in [3.63, 3.8) is 0 Å². The van der Waals surface area contributed by atoms with Gasteiger partial charge in [-0.15, -0.1) is 0 Å². The van der Waals surface area contributed by atoms with Crippen molar-refractivity contribution in [1.82, 2.24) is 9.97 Å². The van der Waals surface area contributed by atoms with Gasteiger partial charge in [-0.3, -0.25) is 4.79 Å². The number of hydrogen-bond donors (Lipinski definition) is 3. The van der Waals surface area contributed by atoms with Crippen LogP contribution in [0.1, 0.15) is 30.9 Å². The van der Waals surface area contributed by atoms with Crippen LogP contribution in [-0.2, 0) is 9.53 Å². The second-order valence-electron chi connectivity index (χ2n) is 4.46. The molecule has 0 fully saturated rings. The first-order chi connectivity index (χ1) is 9.10. The molecule has 1 aromatic heterocycles. The number of benzene rings is 1. The Bertz CT molecular complexity index is 629. The standard InChI is InChI=1S/C13H17N3O3/c1-19-12(17)4-2-3-9(14)8-5-6-10-11(7-8)16-13(18)15-10/h5-7,9H,2-4,14H2,1H3,(H2,15,16,18). The van der Waals surface area contributed by atoms with Gasteiger partial charge in [0.15, 0.2) is 0 Å². The van der Waals surface area contributed by atoms with Gasteiger partial charge >= 0.3 is 11.7 Å². The molecule has 2 aromatic rings. The van der Waals surface area contributed by atoms with Crippen LogP contribution in [0, 0.1) is 0 Å². The van der Waals surface area contributed by atoms with Gasteiger partial charge in [0.1, 0.15) is 0 Å². The van der Waals surface area contributed by atoms with E-state index in [9.17, 15) is 9.59 Å². The number of esters is 1. The Labute approximate surface area is 110 Å². The van der Waals surface area contributed by atoms with Gasteiger partial charge in [0.25, 0.3) is 0 Å². The molecule has 0 aliphatic heterocycles. The molecule has 102 valence electrons. The number of fused-ring (bicyclic) bond motifs is 1. The highest BCUT2D eigenvalue weighted by molar-refractivity contribution is 5.75. The quantitative estimate of drug-likeness (QED) is 0.705. The van der Waals surface area contributed by atoms with Crippen LogP contribution in [0.25, 0.3) is 11.0 Å². The summed E-state index contributed by atoms with van der Waals surface area (Å²) in [5.41, 5.74) is 8.27. The second kappa shape index (κ2) is 5.71. The van der Waals surface area contributed by atoms with E-state index in [4.69, 9.17) is 5.73 Å². The number of hydrogen-bond acceptors (Lipinski definition) is 4. The van der Waals surface area contributed by atoms with E-state index in [1.807, 2.05) is 18.2 Å². The third-order valence-corrected chi connectivity index (χ3v) is 3.09. The van der Waals surface area contributed by atoms with E-state index in [0.717, 1.165) is 16.6 Å². The number of ether oxygens (including phenoxy) is 1. The number of nitrogens with one attached hydrogen (secondary N) is 2. The Kier molecular flexibility index (Phi) is 4.01. The summed E-state index contributed by atoms with van der Waals surface area (Å²) >= 11 is 0. The van der Waals surface area contributed by atoms with Crippen LogP contribution in [0.15, 0.2) is 23.0 Å². The zero-order valence-electron chi connectivity index (χ0n) is 10.7. The van der Waals surface area contributed by atoms with Crippen molar-refractivity contribution < 1.29 is 9.53 Å². The van der Waals surface area contributed by atoms with Crippen molar-refractivity contribution in [3.05, 3.63) is 34.2 Å². The lowest BCUT2D eigenvalue weighted by Gasteiger charge is -2.11. The minimum atomic E-state index is -0.230. The molecule has 0 aliphatic carbocycles. The number of aromatic amines is 2. The molecule has 0 aliphatic rings. The summed E-state index contributed by atoms with van der Waals surface area (Å²) < 4.78 is 4.57. The van der Waals surface area contributed by atoms with Crippen molar-refractivity contribution in [2.75, 3.05) is 7.11 Å². The third-order valence-electron chi connectivity index (χ3n) is 3.09. The summed E-state index contributed by atoms with van der Waals surface area (Å²) in [5.74, 6) is -0.224. The fourth-order valence-corrected chi connectivity index (χ4v) is 2.02. The summed E-state index contributed by atoms with van der Waals surface area (Å²) in [4.78, 5) is 27.5. The molecule has 2 rings (SSSR count). The summed E-state index contributed by atoms with van der Waals surface area (Å²) in [6.45, 7) is 0. The minimum absolute atomic E-state index is 0.160. The summed E-state index contributed by atoms with van der Waals surface area (Å²) in [7, 11) is 1.37. The molecule has 4 N–H and O–H groups in total. The summed E-state index contributed by atoms with van der Waals surface area (Å²) in [6, 6.07) is 5.40. The van der Waals surface area contributed by atoms with E-state index in [1.165, 1.54) is 7.11 Å². The Morgan fingerprint density at radius 1 is 1.37 bits per heavy atom. The number of carbonyl (C=O) groups is 1. The molecule has 1 atom stereocenters. The van der Waals surface area contributed by atoms with Crippen molar-refractivity contribution in [2.45, 2.75) is 25.3 Å². The van der Waals surface area contributed by atoms with Gasteiger partial charge in [0.2, 0.25) is 0 Å². The molecule has 0 bridgehead atoms. The molecular weight excluding hydrogens is 246 g/mol. The topological polar surface area (TPSA) is 101 Å². The van der Waals surface area contributed by atoms with E-state index >= 15 is 0 Å². The van der Waals surface area contributed by atoms with Crippen molar-refractivity contribution in [2.24, 2.45) is 5.73 Å². The van der Waals surface area contributed by atoms with Crippen LogP contribution in [0.5, 0.6) is 0 Å². The van der Waals surface area contributed by atoms with E-state index in [-0.39, 0.29) is 17.7 Å². The largest absolute Gasteiger partial charge is 0.469 e. The summed E-state index contributed by atoms with van der Waals surface area (Å²) in [6.07, 6.45) is 1.73. The first kappa shape index (κ1) is 13.4. The SMILES string of the molecule is COC(=O)CCCC(N)c1ccc2[nH]c(=O)[nH]c2c1. The molecule has 0 amide bonds. The Morgan fingerprint density at radius 3 is 2.84 bits per heavy atom. The predicted molar refractivity (Wildman–Crippen MR) is 71.7 cm³/mol. The average Bonchev–Trinajstić information content (AvgIpc) is 2.77. The van der Waals surface area contributed by atoms with Gasteiger partial charge in [-0.2, -0.15) is 0 Å². The number of H-pyrrole nitrogens is 2. The zero-order chi connectivity index (χ0) is 13.8. The maximum Gasteiger partial charge on any atom is 0.323 e. The summed E-state index contributed by atoms with van der Waals surface area (Å²) in [5, 5.41) is 0. The maximum atomic E-state index is 11.2. The Morgan fingerprint density at radius 2 is 2.11 bits per heavy atom. The first-order valence-electron chi connectivity index (χ1n) is 6.14. The third kappa shape index (κ3) is 3.23. The molecular formula is C13H17N3O3. The predicted octanol–water partition coefficient (Wildman–Crippen LogP) is 1.20. The highest BCUT2D eigenvalue weighted by atomic mass is 16.5. The molecule has 0 saturated carbocycles. The molecule has 6 nitrogen and oxygen atoms in total. The van der Waals surface area contributed by atoms with Crippen LogP contribution in [0.2, 0.25) is 0 Å². The minimum Gasteiger partial charge on any atom is -0.469 e. The van der Waals surface area contributed by atoms with E-state index in [1.54, 1.807) is 0 Å². The normalized spacial score (nSPS) is 12.5. The number of imidazole rings is 1. The fourth-order valence-electron chi connectivity index (χ4n) is 2.02. The fraction of sp³-hybridized carbons (Fsp3) is 0.385. The maximum absolute atomic E-state index is 11.2. The molecule has 0 radical (unpaired) electrons. The number of nitrogens with two attached hydrogens (primary N) is 1. The number of aromatic nitrogens is 2. The first-order valence-corrected chi connectivity index (χ1v) is 6.14. The second-order valence-corrected chi connectivity index (χ2v) is 4.46. The van der Waals surface area contributed by atoms with Gasteiger partial charge in [-0.05, 0) is 30.5 Å². The van der Waals surface area contributed by atoms with Crippen LogP contribution in [0.3, 0.4) is 0 Å². The Hall–Kier alpha value is -2.08. The van der Waals surface area contributed by atoms with Crippen LogP contribution in [0.4, 0.5) is 0 Å². The molecule has 6 heteroatoms. The highest BCUT2D eigenvalue weighted by Crippen LogP contribution is 2.19. The lowest BCUT2D eigenvalue weighted by molar-refractivity contribution is -0.140. The van der Waals surface area contributed by atoms with Gasteiger partial charge in [-0.1, -0.05) is 6.07 Å². The number of rotatable bonds is 5. The van der Waals surface area contributed by atoms with Crippen molar-refractivity contribution in [3.8, 4) is 0 Å². The van der Waals surface area contributed by atoms with E-state index < -0.39 is 0 Å². The molecule has 19 heavy (non-hydrogen) atoms. The van der Waals surface area contributed by atoms with E-state index in [0.29, 0.717) is 19.3 Å². The lowest BCUT2D eigenvalue weighted by atomic mass is 10.0. The van der Waals surface area contributed by atoms with Crippen LogP contribution in [-0.4, -0.2) is 23.0 Å². The average molecular weight is 263 g/mol. The monoisotopic (exact) mass is 263 g/mol. The smallest absolute Gasteiger partial charge is 0.323 e. The molecule has 0 saturated heterocycles. The van der Waals surface area contributed by atoms with Crippen LogP contribution >= 0.6 is 0 Å².